The first-order chi connectivity index (χ1) is 6.34. The lowest BCUT2D eigenvalue weighted by atomic mass is 9.75. The number of hydrogen-bond donors (Lipinski definition) is 1. The molecular formula is C10H18N2O. The van der Waals surface area contributed by atoms with E-state index in [-0.39, 0.29) is 0 Å². The van der Waals surface area contributed by atoms with Gasteiger partial charge in [-0.15, -0.1) is 0 Å². The minimum atomic E-state index is 0.378. The first-order valence-corrected chi connectivity index (χ1v) is 5.42. The van der Waals surface area contributed by atoms with Gasteiger partial charge in [-0.1, -0.05) is 0 Å². The van der Waals surface area contributed by atoms with Crippen molar-refractivity contribution >= 4 is 0 Å². The molecule has 0 aromatic carbocycles. The molecule has 0 aromatic rings. The maximum absolute atomic E-state index is 5.90. The Morgan fingerprint density at radius 1 is 1.46 bits per heavy atom. The molecule has 13 heavy (non-hydrogen) atoms. The highest BCUT2D eigenvalue weighted by Gasteiger charge is 2.51. The average molecular weight is 182 g/mol. The highest BCUT2D eigenvalue weighted by molar-refractivity contribution is 5.06. The molecule has 1 aliphatic carbocycles. The van der Waals surface area contributed by atoms with Crippen LogP contribution in [0.4, 0.5) is 0 Å². The number of rotatable bonds is 2. The van der Waals surface area contributed by atoms with Crippen LogP contribution in [0, 0.1) is 0 Å². The second-order valence-electron chi connectivity index (χ2n) is 4.78. The first-order valence-electron chi connectivity index (χ1n) is 5.42. The molecule has 2 saturated heterocycles. The number of likely N-dealkylation sites (tertiary alicyclic amines) is 1. The number of hydrogen-bond acceptors (Lipinski definition) is 3. The van der Waals surface area contributed by atoms with Crippen LogP contribution in [-0.4, -0.2) is 42.3 Å². The fourth-order valence-corrected chi connectivity index (χ4v) is 3.17. The van der Waals surface area contributed by atoms with Crippen LogP contribution in [-0.2, 0) is 4.74 Å². The molecule has 2 aliphatic heterocycles. The van der Waals surface area contributed by atoms with Crippen LogP contribution in [0.2, 0.25) is 0 Å². The number of ether oxygens (including phenoxy) is 1. The molecule has 3 heteroatoms. The molecule has 2 atom stereocenters. The summed E-state index contributed by atoms with van der Waals surface area (Å²) < 4.78 is 5.61. The van der Waals surface area contributed by atoms with E-state index in [2.05, 4.69) is 4.90 Å². The first kappa shape index (κ1) is 8.21. The Hall–Kier alpha value is -0.120. The second-order valence-corrected chi connectivity index (χ2v) is 4.78. The van der Waals surface area contributed by atoms with E-state index in [0.717, 1.165) is 19.7 Å². The smallest absolute Gasteiger partial charge is 0.0718 e. The van der Waals surface area contributed by atoms with Crippen LogP contribution in [0.15, 0.2) is 0 Å². The molecule has 0 spiro atoms. The van der Waals surface area contributed by atoms with Crippen molar-refractivity contribution in [3.8, 4) is 0 Å². The van der Waals surface area contributed by atoms with Crippen molar-refractivity contribution in [1.29, 1.82) is 0 Å². The number of morpholine rings is 1. The largest absolute Gasteiger partial charge is 0.375 e. The van der Waals surface area contributed by atoms with Gasteiger partial charge in [0.25, 0.3) is 0 Å². The second kappa shape index (κ2) is 2.69. The van der Waals surface area contributed by atoms with Crippen LogP contribution in [0.5, 0.6) is 0 Å². The average Bonchev–Trinajstić information content (AvgIpc) is 2.64. The molecule has 1 saturated carbocycles. The van der Waals surface area contributed by atoms with Crippen LogP contribution in [0.25, 0.3) is 0 Å². The van der Waals surface area contributed by atoms with Gasteiger partial charge in [-0.2, -0.15) is 0 Å². The minimum absolute atomic E-state index is 0.378. The van der Waals surface area contributed by atoms with Gasteiger partial charge in [0.05, 0.1) is 12.7 Å². The molecule has 0 amide bonds. The highest BCUT2D eigenvalue weighted by Crippen LogP contribution is 2.43. The van der Waals surface area contributed by atoms with E-state index in [1.54, 1.807) is 0 Å². The van der Waals surface area contributed by atoms with E-state index in [9.17, 15) is 0 Å². The predicted octanol–water partition coefficient (Wildman–Crippen LogP) is 0.341. The van der Waals surface area contributed by atoms with Gasteiger partial charge < -0.3 is 10.5 Å². The van der Waals surface area contributed by atoms with E-state index < -0.39 is 0 Å². The summed E-state index contributed by atoms with van der Waals surface area (Å²) in [6.07, 6.45) is 5.77. The van der Waals surface area contributed by atoms with Gasteiger partial charge in [0, 0.05) is 24.7 Å². The third-order valence-corrected chi connectivity index (χ3v) is 4.17. The normalized spacial score (nSPS) is 42.2. The molecule has 2 heterocycles. The van der Waals surface area contributed by atoms with Crippen molar-refractivity contribution in [3.05, 3.63) is 0 Å². The van der Waals surface area contributed by atoms with E-state index in [0.29, 0.717) is 17.7 Å². The zero-order chi connectivity index (χ0) is 8.89. The Morgan fingerprint density at radius 2 is 2.31 bits per heavy atom. The zero-order valence-electron chi connectivity index (χ0n) is 8.04. The molecule has 2 bridgehead atoms. The molecule has 3 aliphatic rings. The topological polar surface area (TPSA) is 38.5 Å². The van der Waals surface area contributed by atoms with Crippen molar-refractivity contribution in [1.82, 2.24) is 4.90 Å². The summed E-state index contributed by atoms with van der Waals surface area (Å²) in [4.78, 5) is 2.64. The fraction of sp³-hybridized carbons (Fsp3) is 1.00. The van der Waals surface area contributed by atoms with Crippen LogP contribution in [0.3, 0.4) is 0 Å². The molecule has 2 unspecified atom stereocenters. The van der Waals surface area contributed by atoms with Gasteiger partial charge in [0.2, 0.25) is 0 Å². The van der Waals surface area contributed by atoms with Gasteiger partial charge in [-0.3, -0.25) is 4.90 Å². The monoisotopic (exact) mass is 182 g/mol. The number of nitrogens with zero attached hydrogens (tertiary/aromatic N) is 1. The molecule has 2 N–H and O–H groups in total. The van der Waals surface area contributed by atoms with Crippen molar-refractivity contribution in [2.24, 2.45) is 5.73 Å². The molecule has 3 nitrogen and oxygen atoms in total. The van der Waals surface area contributed by atoms with Crippen molar-refractivity contribution in [3.63, 3.8) is 0 Å². The van der Waals surface area contributed by atoms with Gasteiger partial charge in [0.15, 0.2) is 0 Å². The molecule has 74 valence electrons. The quantitative estimate of drug-likeness (QED) is 0.669. The maximum Gasteiger partial charge on any atom is 0.0718 e. The summed E-state index contributed by atoms with van der Waals surface area (Å²) in [5.41, 5.74) is 6.28. The minimum Gasteiger partial charge on any atom is -0.375 e. The Balaban J connectivity index is 1.78. The third kappa shape index (κ3) is 1.01. The number of fused-ring (bicyclic) bond motifs is 2. The lowest BCUT2D eigenvalue weighted by Gasteiger charge is -2.51. The third-order valence-electron chi connectivity index (χ3n) is 4.17. The molecule has 0 aromatic heterocycles. The zero-order valence-corrected chi connectivity index (χ0v) is 8.04. The lowest BCUT2D eigenvalue weighted by Crippen LogP contribution is -2.61. The lowest BCUT2D eigenvalue weighted by molar-refractivity contribution is -0.0541. The van der Waals surface area contributed by atoms with Gasteiger partial charge in [-0.25, -0.2) is 0 Å². The SMILES string of the molecule is NCC1(N2CC3CC2CO3)CCC1. The number of nitrogens with two attached hydrogens (primary N) is 1. The summed E-state index contributed by atoms with van der Waals surface area (Å²) in [7, 11) is 0. The van der Waals surface area contributed by atoms with Crippen molar-refractivity contribution < 1.29 is 4.74 Å². The van der Waals surface area contributed by atoms with E-state index in [1.165, 1.54) is 25.7 Å². The van der Waals surface area contributed by atoms with Gasteiger partial charge in [-0.05, 0) is 25.7 Å². The summed E-state index contributed by atoms with van der Waals surface area (Å²) in [6.45, 7) is 2.94. The van der Waals surface area contributed by atoms with Crippen LogP contribution < -0.4 is 5.73 Å². The molecule has 3 fully saturated rings. The van der Waals surface area contributed by atoms with Crippen LogP contribution in [0.1, 0.15) is 25.7 Å². The summed E-state index contributed by atoms with van der Waals surface area (Å²) in [5, 5.41) is 0. The highest BCUT2D eigenvalue weighted by atomic mass is 16.5. The van der Waals surface area contributed by atoms with Crippen LogP contribution >= 0.6 is 0 Å². The molecule has 0 radical (unpaired) electrons. The van der Waals surface area contributed by atoms with E-state index >= 15 is 0 Å². The Labute approximate surface area is 79.2 Å². The fourth-order valence-electron chi connectivity index (χ4n) is 3.17. The maximum atomic E-state index is 5.90. The predicted molar refractivity (Wildman–Crippen MR) is 50.5 cm³/mol. The summed E-state index contributed by atoms with van der Waals surface area (Å²) >= 11 is 0. The molecular weight excluding hydrogens is 164 g/mol. The standard InChI is InChI=1S/C10H18N2O/c11-7-10(2-1-3-10)12-5-9-4-8(12)6-13-9/h8-9H,1-7,11H2. The van der Waals surface area contributed by atoms with Gasteiger partial charge in [0.1, 0.15) is 0 Å². The Bertz CT molecular complexity index is 209. The van der Waals surface area contributed by atoms with Gasteiger partial charge >= 0.3 is 0 Å². The van der Waals surface area contributed by atoms with E-state index in [4.69, 9.17) is 10.5 Å². The van der Waals surface area contributed by atoms with Crippen molar-refractivity contribution in [2.75, 3.05) is 19.7 Å². The summed E-state index contributed by atoms with van der Waals surface area (Å²) in [6, 6.07) is 0.689. The Kier molecular flexibility index (Phi) is 1.70. The Morgan fingerprint density at radius 3 is 2.69 bits per heavy atom. The molecule has 3 rings (SSSR count). The summed E-state index contributed by atoms with van der Waals surface area (Å²) in [5.74, 6) is 0. The van der Waals surface area contributed by atoms with Crippen molar-refractivity contribution in [2.45, 2.75) is 43.4 Å². The van der Waals surface area contributed by atoms with E-state index in [1.807, 2.05) is 0 Å².